The average Bonchev–Trinajstić information content (AvgIpc) is 2.64. The Morgan fingerprint density at radius 1 is 1.44 bits per heavy atom. The van der Waals surface area contributed by atoms with Crippen molar-refractivity contribution < 1.29 is 9.18 Å². The van der Waals surface area contributed by atoms with Crippen LogP contribution in [-0.4, -0.2) is 15.6 Å². The molecule has 0 aliphatic heterocycles. The number of hydrogen-bond acceptors (Lipinski definition) is 2. The molecule has 1 aromatic heterocycles. The first kappa shape index (κ1) is 11.0. The Balaban J connectivity index is 2.41. The Labute approximate surface area is 100 Å². The van der Waals surface area contributed by atoms with Gasteiger partial charge in [-0.25, -0.2) is 4.39 Å². The molecule has 0 radical (unpaired) electrons. The molecule has 0 N–H and O–H groups in total. The summed E-state index contributed by atoms with van der Waals surface area (Å²) in [5, 5.41) is 4.00. The average molecular weight is 283 g/mol. The maximum absolute atomic E-state index is 12.9. The van der Waals surface area contributed by atoms with Crippen LogP contribution >= 0.6 is 15.9 Å². The van der Waals surface area contributed by atoms with Crippen molar-refractivity contribution in [3.63, 3.8) is 0 Å². The summed E-state index contributed by atoms with van der Waals surface area (Å²) in [6, 6.07) is 5.58. The van der Waals surface area contributed by atoms with Crippen molar-refractivity contribution in [1.29, 1.82) is 0 Å². The molecule has 0 saturated heterocycles. The molecule has 16 heavy (non-hydrogen) atoms. The number of hydrogen-bond donors (Lipinski definition) is 0. The van der Waals surface area contributed by atoms with E-state index >= 15 is 0 Å². The third kappa shape index (κ3) is 2.04. The maximum Gasteiger partial charge on any atom is 0.214 e. The summed E-state index contributed by atoms with van der Waals surface area (Å²) >= 11 is 3.16. The van der Waals surface area contributed by atoms with Crippen LogP contribution in [0.25, 0.3) is 0 Å². The lowest BCUT2D eigenvalue weighted by molar-refractivity contribution is 0.103. The van der Waals surface area contributed by atoms with Gasteiger partial charge in [0.05, 0.1) is 0 Å². The fourth-order valence-corrected chi connectivity index (χ4v) is 1.88. The molecule has 2 aromatic rings. The molecule has 0 aliphatic rings. The van der Waals surface area contributed by atoms with E-state index in [2.05, 4.69) is 21.0 Å². The van der Waals surface area contributed by atoms with Gasteiger partial charge in [0, 0.05) is 23.3 Å². The lowest BCUT2D eigenvalue weighted by atomic mass is 10.1. The zero-order valence-corrected chi connectivity index (χ0v) is 10.0. The van der Waals surface area contributed by atoms with E-state index in [1.165, 1.54) is 18.2 Å². The third-order valence-electron chi connectivity index (χ3n) is 2.12. The number of benzene rings is 1. The van der Waals surface area contributed by atoms with Crippen molar-refractivity contribution in [1.82, 2.24) is 9.78 Å². The number of ketones is 1. The largest absolute Gasteiger partial charge is 0.287 e. The molecule has 0 spiro atoms. The molecule has 0 fully saturated rings. The predicted molar refractivity (Wildman–Crippen MR) is 60.7 cm³/mol. The molecular formula is C11H8BrFN2O. The van der Waals surface area contributed by atoms with Gasteiger partial charge in [0.25, 0.3) is 0 Å². The van der Waals surface area contributed by atoms with Gasteiger partial charge in [-0.05, 0) is 40.2 Å². The summed E-state index contributed by atoms with van der Waals surface area (Å²) < 4.78 is 14.8. The molecule has 0 aliphatic carbocycles. The van der Waals surface area contributed by atoms with Crippen LogP contribution in [0, 0.1) is 5.82 Å². The number of aryl methyl sites for hydroxylation is 1. The van der Waals surface area contributed by atoms with Gasteiger partial charge in [-0.2, -0.15) is 5.10 Å². The Kier molecular flexibility index (Phi) is 2.87. The molecule has 3 nitrogen and oxygen atoms in total. The summed E-state index contributed by atoms with van der Waals surface area (Å²) in [5.74, 6) is -0.614. The van der Waals surface area contributed by atoms with E-state index in [-0.39, 0.29) is 11.6 Å². The molecule has 0 unspecified atom stereocenters. The number of carbonyl (C=O) groups is 1. The van der Waals surface area contributed by atoms with Crippen molar-refractivity contribution in [3.05, 3.63) is 52.0 Å². The van der Waals surface area contributed by atoms with Gasteiger partial charge in [-0.15, -0.1) is 0 Å². The quantitative estimate of drug-likeness (QED) is 0.794. The van der Waals surface area contributed by atoms with Crippen LogP contribution in [0.5, 0.6) is 0 Å². The second-order valence-corrected chi connectivity index (χ2v) is 4.18. The zero-order chi connectivity index (χ0) is 11.7. The van der Waals surface area contributed by atoms with Crippen molar-refractivity contribution in [2.75, 3.05) is 0 Å². The van der Waals surface area contributed by atoms with Crippen LogP contribution in [0.1, 0.15) is 16.1 Å². The number of carbonyl (C=O) groups excluding carboxylic acids is 1. The van der Waals surface area contributed by atoms with Gasteiger partial charge in [0.1, 0.15) is 11.5 Å². The van der Waals surface area contributed by atoms with E-state index in [4.69, 9.17) is 0 Å². The maximum atomic E-state index is 12.9. The van der Waals surface area contributed by atoms with E-state index < -0.39 is 0 Å². The second kappa shape index (κ2) is 4.17. The van der Waals surface area contributed by atoms with Crippen LogP contribution in [0.2, 0.25) is 0 Å². The molecule has 0 bridgehead atoms. The molecule has 0 amide bonds. The van der Waals surface area contributed by atoms with Gasteiger partial charge in [0.15, 0.2) is 0 Å². The van der Waals surface area contributed by atoms with E-state index in [9.17, 15) is 9.18 Å². The van der Waals surface area contributed by atoms with Crippen LogP contribution in [-0.2, 0) is 7.05 Å². The van der Waals surface area contributed by atoms with Crippen LogP contribution in [0.15, 0.2) is 34.9 Å². The van der Waals surface area contributed by atoms with Crippen molar-refractivity contribution in [3.8, 4) is 0 Å². The number of halogens is 2. The minimum absolute atomic E-state index is 0.229. The molecule has 5 heteroatoms. The van der Waals surface area contributed by atoms with E-state index in [0.717, 1.165) is 0 Å². The smallest absolute Gasteiger partial charge is 0.214 e. The number of rotatable bonds is 2. The minimum atomic E-state index is -0.385. The SMILES string of the molecule is Cn1ccc(C(=O)c2ccc(F)cc2Br)n1. The number of nitrogens with zero attached hydrogens (tertiary/aromatic N) is 2. The van der Waals surface area contributed by atoms with Gasteiger partial charge in [-0.1, -0.05) is 0 Å². The summed E-state index contributed by atoms with van der Waals surface area (Å²) in [4.78, 5) is 12.0. The molecule has 0 atom stereocenters. The van der Waals surface area contributed by atoms with E-state index in [0.29, 0.717) is 15.7 Å². The highest BCUT2D eigenvalue weighted by Gasteiger charge is 2.15. The molecule has 82 valence electrons. The lowest BCUT2D eigenvalue weighted by Gasteiger charge is -2.01. The van der Waals surface area contributed by atoms with Crippen molar-refractivity contribution >= 4 is 21.7 Å². The first-order valence-electron chi connectivity index (χ1n) is 4.57. The Bertz CT molecular complexity index is 551. The summed E-state index contributed by atoms with van der Waals surface area (Å²) in [6.45, 7) is 0. The highest BCUT2D eigenvalue weighted by atomic mass is 79.9. The number of aromatic nitrogens is 2. The standard InChI is InChI=1S/C11H8BrFN2O/c1-15-5-4-10(14-15)11(16)8-3-2-7(13)6-9(8)12/h2-6H,1H3. The molecule has 1 heterocycles. The Hall–Kier alpha value is -1.49. The fraction of sp³-hybridized carbons (Fsp3) is 0.0909. The van der Waals surface area contributed by atoms with Gasteiger partial charge in [-0.3, -0.25) is 9.48 Å². The zero-order valence-electron chi connectivity index (χ0n) is 8.45. The summed E-state index contributed by atoms with van der Waals surface area (Å²) in [5.41, 5.74) is 0.745. The highest BCUT2D eigenvalue weighted by molar-refractivity contribution is 9.10. The molecule has 1 aromatic carbocycles. The minimum Gasteiger partial charge on any atom is -0.287 e. The van der Waals surface area contributed by atoms with Crippen LogP contribution in [0.3, 0.4) is 0 Å². The Morgan fingerprint density at radius 3 is 2.75 bits per heavy atom. The summed E-state index contributed by atoms with van der Waals surface area (Å²) in [6.07, 6.45) is 1.69. The van der Waals surface area contributed by atoms with Gasteiger partial charge in [0.2, 0.25) is 5.78 Å². The van der Waals surface area contributed by atoms with Crippen molar-refractivity contribution in [2.45, 2.75) is 0 Å². The monoisotopic (exact) mass is 282 g/mol. The first-order valence-corrected chi connectivity index (χ1v) is 5.36. The second-order valence-electron chi connectivity index (χ2n) is 3.33. The fourth-order valence-electron chi connectivity index (χ4n) is 1.35. The summed E-state index contributed by atoms with van der Waals surface area (Å²) in [7, 11) is 1.73. The normalized spacial score (nSPS) is 10.4. The van der Waals surface area contributed by atoms with Crippen LogP contribution in [0.4, 0.5) is 4.39 Å². The van der Waals surface area contributed by atoms with E-state index in [1.807, 2.05) is 0 Å². The predicted octanol–water partition coefficient (Wildman–Crippen LogP) is 2.55. The molecular weight excluding hydrogens is 275 g/mol. The van der Waals surface area contributed by atoms with Gasteiger partial charge >= 0.3 is 0 Å². The Morgan fingerprint density at radius 2 is 2.19 bits per heavy atom. The first-order chi connectivity index (χ1) is 7.58. The molecule has 2 rings (SSSR count). The van der Waals surface area contributed by atoms with Gasteiger partial charge < -0.3 is 0 Å². The third-order valence-corrected chi connectivity index (χ3v) is 2.78. The lowest BCUT2D eigenvalue weighted by Crippen LogP contribution is -2.04. The van der Waals surface area contributed by atoms with E-state index in [1.54, 1.807) is 24.0 Å². The highest BCUT2D eigenvalue weighted by Crippen LogP contribution is 2.20. The van der Waals surface area contributed by atoms with Crippen molar-refractivity contribution in [2.24, 2.45) is 7.05 Å². The topological polar surface area (TPSA) is 34.9 Å². The molecule has 0 saturated carbocycles. The van der Waals surface area contributed by atoms with Crippen LogP contribution < -0.4 is 0 Å².